The van der Waals surface area contributed by atoms with E-state index in [9.17, 15) is 9.59 Å². The lowest BCUT2D eigenvalue weighted by molar-refractivity contribution is 0.111. The van der Waals surface area contributed by atoms with E-state index in [1.54, 1.807) is 18.2 Å². The standard InChI is InChI=1S/C15H18O3/c1-5-6-18-14-11(9-16)7-13(15(2,3)4)8-12(14)10-17/h5,7-10H,1,6H2,2-4H3. The van der Waals surface area contributed by atoms with Crippen LogP contribution in [0.3, 0.4) is 0 Å². The van der Waals surface area contributed by atoms with Crippen molar-refractivity contribution in [2.45, 2.75) is 26.2 Å². The summed E-state index contributed by atoms with van der Waals surface area (Å²) in [5.74, 6) is 0.327. The second-order valence-electron chi connectivity index (χ2n) is 5.07. The van der Waals surface area contributed by atoms with Gasteiger partial charge in [0.1, 0.15) is 12.4 Å². The van der Waals surface area contributed by atoms with Gasteiger partial charge in [0, 0.05) is 0 Å². The number of rotatable bonds is 5. The molecule has 3 heteroatoms. The SMILES string of the molecule is C=CCOc1c(C=O)cc(C(C)(C)C)cc1C=O. The number of aldehydes is 2. The molecule has 0 atom stereocenters. The molecule has 1 rings (SSSR count). The van der Waals surface area contributed by atoms with Gasteiger partial charge in [-0.1, -0.05) is 33.4 Å². The van der Waals surface area contributed by atoms with Gasteiger partial charge < -0.3 is 4.74 Å². The molecular formula is C15H18O3. The van der Waals surface area contributed by atoms with Gasteiger partial charge in [-0.3, -0.25) is 9.59 Å². The highest BCUT2D eigenvalue weighted by Crippen LogP contribution is 2.30. The first-order chi connectivity index (χ1) is 8.43. The summed E-state index contributed by atoms with van der Waals surface area (Å²) < 4.78 is 5.39. The van der Waals surface area contributed by atoms with E-state index in [1.165, 1.54) is 0 Å². The molecule has 0 unspecified atom stereocenters. The van der Waals surface area contributed by atoms with E-state index >= 15 is 0 Å². The van der Waals surface area contributed by atoms with Crippen molar-refractivity contribution in [3.63, 3.8) is 0 Å². The molecule has 0 fully saturated rings. The number of ether oxygens (including phenoxy) is 1. The Hall–Kier alpha value is -1.90. The second kappa shape index (κ2) is 5.63. The van der Waals surface area contributed by atoms with E-state index in [0.29, 0.717) is 29.4 Å². The smallest absolute Gasteiger partial charge is 0.153 e. The first-order valence-electron chi connectivity index (χ1n) is 5.76. The zero-order chi connectivity index (χ0) is 13.8. The van der Waals surface area contributed by atoms with Crippen molar-refractivity contribution in [1.29, 1.82) is 0 Å². The van der Waals surface area contributed by atoms with Crippen LogP contribution in [0.4, 0.5) is 0 Å². The van der Waals surface area contributed by atoms with Crippen LogP contribution in [0.25, 0.3) is 0 Å². The first kappa shape index (κ1) is 14.2. The van der Waals surface area contributed by atoms with Crippen molar-refractivity contribution in [2.24, 2.45) is 0 Å². The highest BCUT2D eigenvalue weighted by Gasteiger charge is 2.19. The Balaban J connectivity index is 3.38. The van der Waals surface area contributed by atoms with Crippen LogP contribution in [0.2, 0.25) is 0 Å². The van der Waals surface area contributed by atoms with E-state index < -0.39 is 0 Å². The number of carbonyl (C=O) groups excluding carboxylic acids is 2. The summed E-state index contributed by atoms with van der Waals surface area (Å²) in [5, 5.41) is 0. The summed E-state index contributed by atoms with van der Waals surface area (Å²) >= 11 is 0. The normalized spacial score (nSPS) is 10.8. The van der Waals surface area contributed by atoms with Crippen LogP contribution in [-0.4, -0.2) is 19.2 Å². The largest absolute Gasteiger partial charge is 0.488 e. The van der Waals surface area contributed by atoms with Crippen LogP contribution in [0.15, 0.2) is 24.8 Å². The molecule has 18 heavy (non-hydrogen) atoms. The van der Waals surface area contributed by atoms with E-state index in [4.69, 9.17) is 4.74 Å². The fraction of sp³-hybridized carbons (Fsp3) is 0.333. The molecule has 0 spiro atoms. The molecule has 0 saturated carbocycles. The Morgan fingerprint density at radius 2 is 1.67 bits per heavy atom. The number of hydrogen-bond donors (Lipinski definition) is 0. The maximum Gasteiger partial charge on any atom is 0.153 e. The fourth-order valence-electron chi connectivity index (χ4n) is 1.59. The van der Waals surface area contributed by atoms with Crippen molar-refractivity contribution < 1.29 is 14.3 Å². The van der Waals surface area contributed by atoms with Gasteiger partial charge in [-0.05, 0) is 23.1 Å². The first-order valence-corrected chi connectivity index (χ1v) is 5.76. The van der Waals surface area contributed by atoms with Crippen LogP contribution in [0.5, 0.6) is 5.75 Å². The number of benzene rings is 1. The molecule has 0 radical (unpaired) electrons. The second-order valence-corrected chi connectivity index (χ2v) is 5.07. The lowest BCUT2D eigenvalue weighted by atomic mass is 9.85. The minimum Gasteiger partial charge on any atom is -0.488 e. The third kappa shape index (κ3) is 3.06. The van der Waals surface area contributed by atoms with Gasteiger partial charge in [0.15, 0.2) is 12.6 Å². The van der Waals surface area contributed by atoms with Crippen molar-refractivity contribution in [1.82, 2.24) is 0 Å². The Kier molecular flexibility index (Phi) is 4.43. The Morgan fingerprint density at radius 1 is 1.17 bits per heavy atom. The summed E-state index contributed by atoms with van der Waals surface area (Å²) in [6.07, 6.45) is 2.99. The lowest BCUT2D eigenvalue weighted by Crippen LogP contribution is -2.13. The van der Waals surface area contributed by atoms with E-state index in [1.807, 2.05) is 20.8 Å². The van der Waals surface area contributed by atoms with Gasteiger partial charge in [0.05, 0.1) is 11.1 Å². The van der Waals surface area contributed by atoms with Crippen LogP contribution < -0.4 is 4.74 Å². The quantitative estimate of drug-likeness (QED) is 0.592. The summed E-state index contributed by atoms with van der Waals surface area (Å²) in [6, 6.07) is 3.52. The van der Waals surface area contributed by atoms with Crippen LogP contribution in [-0.2, 0) is 5.41 Å². The van der Waals surface area contributed by atoms with Crippen molar-refractivity contribution in [2.75, 3.05) is 6.61 Å². The predicted molar refractivity (Wildman–Crippen MR) is 71.6 cm³/mol. The third-order valence-electron chi connectivity index (χ3n) is 2.61. The van der Waals surface area contributed by atoms with E-state index in [0.717, 1.165) is 5.56 Å². The van der Waals surface area contributed by atoms with Crippen molar-refractivity contribution in [3.05, 3.63) is 41.5 Å². The minimum atomic E-state index is -0.132. The summed E-state index contributed by atoms with van der Waals surface area (Å²) in [6.45, 7) is 9.87. The highest BCUT2D eigenvalue weighted by molar-refractivity contribution is 5.89. The molecule has 0 aliphatic heterocycles. The monoisotopic (exact) mass is 246 g/mol. The third-order valence-corrected chi connectivity index (χ3v) is 2.61. The van der Waals surface area contributed by atoms with Gasteiger partial charge in [0.25, 0.3) is 0 Å². The maximum atomic E-state index is 11.1. The molecule has 0 aliphatic carbocycles. The Labute approximate surface area is 107 Å². The van der Waals surface area contributed by atoms with Gasteiger partial charge in [-0.15, -0.1) is 0 Å². The predicted octanol–water partition coefficient (Wildman–Crippen LogP) is 3.17. The van der Waals surface area contributed by atoms with Crippen LogP contribution >= 0.6 is 0 Å². The van der Waals surface area contributed by atoms with Crippen LogP contribution in [0.1, 0.15) is 47.1 Å². The number of carbonyl (C=O) groups is 2. The molecule has 96 valence electrons. The van der Waals surface area contributed by atoms with Gasteiger partial charge in [-0.25, -0.2) is 0 Å². The van der Waals surface area contributed by atoms with Crippen molar-refractivity contribution >= 4 is 12.6 Å². The zero-order valence-electron chi connectivity index (χ0n) is 11.0. The summed E-state index contributed by atoms with van der Waals surface area (Å²) in [4.78, 5) is 22.2. The van der Waals surface area contributed by atoms with E-state index in [2.05, 4.69) is 6.58 Å². The van der Waals surface area contributed by atoms with Gasteiger partial charge >= 0.3 is 0 Å². The molecule has 0 aromatic heterocycles. The molecule has 0 saturated heterocycles. The summed E-state index contributed by atoms with van der Waals surface area (Å²) in [7, 11) is 0. The van der Waals surface area contributed by atoms with Gasteiger partial charge in [0.2, 0.25) is 0 Å². The highest BCUT2D eigenvalue weighted by atomic mass is 16.5. The van der Waals surface area contributed by atoms with Crippen LogP contribution in [0, 0.1) is 0 Å². The zero-order valence-corrected chi connectivity index (χ0v) is 11.0. The molecule has 1 aromatic carbocycles. The molecular weight excluding hydrogens is 228 g/mol. The summed E-state index contributed by atoms with van der Waals surface area (Å²) in [5.41, 5.74) is 1.59. The van der Waals surface area contributed by atoms with Crippen molar-refractivity contribution in [3.8, 4) is 5.75 Å². The maximum absolute atomic E-state index is 11.1. The molecule has 0 amide bonds. The molecule has 0 heterocycles. The average molecular weight is 246 g/mol. The lowest BCUT2D eigenvalue weighted by Gasteiger charge is -2.21. The number of hydrogen-bond acceptors (Lipinski definition) is 3. The minimum absolute atomic E-state index is 0.132. The topological polar surface area (TPSA) is 43.4 Å². The average Bonchev–Trinajstić information content (AvgIpc) is 2.33. The Bertz CT molecular complexity index is 438. The Morgan fingerprint density at radius 3 is 2.00 bits per heavy atom. The molecule has 3 nitrogen and oxygen atoms in total. The van der Waals surface area contributed by atoms with Gasteiger partial charge in [-0.2, -0.15) is 0 Å². The molecule has 0 N–H and O–H groups in total. The fourth-order valence-corrected chi connectivity index (χ4v) is 1.59. The molecule has 0 bridgehead atoms. The molecule has 1 aromatic rings. The van der Waals surface area contributed by atoms with E-state index in [-0.39, 0.29) is 12.0 Å². The molecule has 0 aliphatic rings.